The van der Waals surface area contributed by atoms with Crippen LogP contribution < -0.4 is 19.1 Å². The van der Waals surface area contributed by atoms with Crippen LogP contribution in [0.4, 0.5) is 10.1 Å². The van der Waals surface area contributed by atoms with Crippen molar-refractivity contribution < 1.29 is 33.3 Å². The number of rotatable bonds is 8. The van der Waals surface area contributed by atoms with E-state index in [-0.39, 0.29) is 16.9 Å². The van der Waals surface area contributed by atoms with Crippen LogP contribution >= 0.6 is 0 Å². The van der Waals surface area contributed by atoms with Crippen molar-refractivity contribution in [1.29, 1.82) is 0 Å². The molecule has 0 spiro atoms. The van der Waals surface area contributed by atoms with E-state index in [2.05, 4.69) is 0 Å². The number of halogens is 1. The molecule has 0 aromatic heterocycles. The van der Waals surface area contributed by atoms with Gasteiger partial charge in [0, 0.05) is 5.69 Å². The van der Waals surface area contributed by atoms with Crippen LogP contribution in [0.5, 0.6) is 17.2 Å². The predicted molar refractivity (Wildman–Crippen MR) is 138 cm³/mol. The molecule has 1 aliphatic rings. The molecule has 1 N–H and O–H groups in total. The Bertz CT molecular complexity index is 1370. The number of Topliss-reactive ketones (excluding diaryl/α,β-unsaturated/α-hetero) is 1. The Morgan fingerprint density at radius 3 is 2.22 bits per heavy atom. The number of aliphatic hydroxyl groups is 1. The molecular weight excluding hydrogens is 477 g/mol. The Balaban J connectivity index is 1.99. The fourth-order valence-electron chi connectivity index (χ4n) is 4.45. The molecule has 192 valence electrons. The maximum absolute atomic E-state index is 14.2. The number of carbonyl (C=O) groups excluding carboxylic acids is 2. The summed E-state index contributed by atoms with van der Waals surface area (Å²) in [7, 11) is 2.88. The molecule has 37 heavy (non-hydrogen) atoms. The van der Waals surface area contributed by atoms with Crippen molar-refractivity contribution >= 4 is 23.1 Å². The molecule has 0 saturated carbocycles. The number of hydrogen-bond donors (Lipinski definition) is 1. The van der Waals surface area contributed by atoms with E-state index < -0.39 is 29.3 Å². The molecule has 1 atom stereocenters. The van der Waals surface area contributed by atoms with Gasteiger partial charge in [-0.05, 0) is 66.9 Å². The average Bonchev–Trinajstić information content (AvgIpc) is 3.18. The molecular formula is C29H28FNO6. The Morgan fingerprint density at radius 2 is 1.59 bits per heavy atom. The number of carbonyl (C=O) groups is 2. The van der Waals surface area contributed by atoms with Crippen molar-refractivity contribution in [2.45, 2.75) is 26.3 Å². The fourth-order valence-corrected chi connectivity index (χ4v) is 4.45. The first-order valence-electron chi connectivity index (χ1n) is 11.9. The van der Waals surface area contributed by atoms with E-state index in [1.54, 1.807) is 30.3 Å². The minimum Gasteiger partial charge on any atom is -0.507 e. The average molecular weight is 506 g/mol. The van der Waals surface area contributed by atoms with Crippen molar-refractivity contribution in [3.63, 3.8) is 0 Å². The first kappa shape index (κ1) is 25.8. The summed E-state index contributed by atoms with van der Waals surface area (Å²) < 4.78 is 30.6. The zero-order valence-corrected chi connectivity index (χ0v) is 21.1. The Hall–Kier alpha value is -4.33. The van der Waals surface area contributed by atoms with Gasteiger partial charge in [-0.25, -0.2) is 4.39 Å². The van der Waals surface area contributed by atoms with E-state index in [1.165, 1.54) is 31.3 Å². The first-order valence-corrected chi connectivity index (χ1v) is 11.9. The van der Waals surface area contributed by atoms with Gasteiger partial charge in [-0.3, -0.25) is 14.5 Å². The number of ketones is 1. The molecule has 1 amide bonds. The van der Waals surface area contributed by atoms with Gasteiger partial charge in [0.1, 0.15) is 17.3 Å². The summed E-state index contributed by atoms with van der Waals surface area (Å²) in [6.07, 6.45) is 0.804. The summed E-state index contributed by atoms with van der Waals surface area (Å²) in [5.74, 6) is -1.85. The molecule has 8 heteroatoms. The molecule has 4 rings (SSSR count). The second-order valence-electron chi connectivity index (χ2n) is 8.38. The normalized spacial score (nSPS) is 16.7. The second-order valence-corrected chi connectivity index (χ2v) is 8.38. The van der Waals surface area contributed by atoms with Gasteiger partial charge in [0.25, 0.3) is 11.7 Å². The number of aliphatic hydroxyl groups excluding tert-OH is 1. The van der Waals surface area contributed by atoms with Crippen molar-refractivity contribution in [2.75, 3.05) is 25.7 Å². The van der Waals surface area contributed by atoms with E-state index in [0.29, 0.717) is 29.4 Å². The summed E-state index contributed by atoms with van der Waals surface area (Å²) in [6, 6.07) is 14.9. The molecule has 3 aromatic rings. The third-order valence-corrected chi connectivity index (χ3v) is 6.29. The summed E-state index contributed by atoms with van der Waals surface area (Å²) >= 11 is 0. The van der Waals surface area contributed by atoms with Crippen molar-refractivity contribution in [1.82, 2.24) is 0 Å². The lowest BCUT2D eigenvalue weighted by Gasteiger charge is -2.26. The van der Waals surface area contributed by atoms with Gasteiger partial charge in [-0.2, -0.15) is 0 Å². The van der Waals surface area contributed by atoms with E-state index in [9.17, 15) is 19.1 Å². The number of methoxy groups -OCH3 is 2. The molecule has 1 unspecified atom stereocenters. The van der Waals surface area contributed by atoms with Gasteiger partial charge in [-0.1, -0.05) is 25.1 Å². The van der Waals surface area contributed by atoms with Crippen LogP contribution in [0.2, 0.25) is 0 Å². The lowest BCUT2D eigenvalue weighted by Crippen LogP contribution is -2.29. The Morgan fingerprint density at radius 1 is 0.919 bits per heavy atom. The number of nitrogens with zero attached hydrogens (tertiary/aromatic N) is 1. The fraction of sp³-hybridized carbons (Fsp3) is 0.241. The molecule has 1 aliphatic heterocycles. The smallest absolute Gasteiger partial charge is 0.300 e. The highest BCUT2D eigenvalue weighted by Crippen LogP contribution is 2.45. The number of amides is 1. The highest BCUT2D eigenvalue weighted by atomic mass is 19.1. The highest BCUT2D eigenvalue weighted by molar-refractivity contribution is 6.51. The predicted octanol–water partition coefficient (Wildman–Crippen LogP) is 5.43. The van der Waals surface area contributed by atoms with Crippen LogP contribution in [0.25, 0.3) is 5.76 Å². The van der Waals surface area contributed by atoms with Crippen LogP contribution in [0, 0.1) is 5.82 Å². The molecule has 1 fully saturated rings. The van der Waals surface area contributed by atoms with Crippen LogP contribution in [-0.4, -0.2) is 37.6 Å². The van der Waals surface area contributed by atoms with Crippen LogP contribution in [0.15, 0.2) is 66.2 Å². The van der Waals surface area contributed by atoms with Gasteiger partial charge in [0.2, 0.25) is 0 Å². The number of benzene rings is 3. The van der Waals surface area contributed by atoms with Gasteiger partial charge >= 0.3 is 0 Å². The minimum atomic E-state index is -1.02. The topological polar surface area (TPSA) is 85.3 Å². The molecule has 1 heterocycles. The monoisotopic (exact) mass is 505 g/mol. The quantitative estimate of drug-likeness (QED) is 0.250. The third-order valence-electron chi connectivity index (χ3n) is 6.29. The van der Waals surface area contributed by atoms with Gasteiger partial charge in [0.15, 0.2) is 11.5 Å². The standard InChI is InChI=1S/C29H28FNO6/c1-5-17-7-11-20(12-8-17)31-26(18-9-13-23(36-4)24(15-18)37-6-2)25(28(33)29(31)34)27(32)21-16-19(30)10-14-22(21)35-3/h7-16,26,32H,5-6H2,1-4H3/b27-25+. The van der Waals surface area contributed by atoms with Crippen LogP contribution in [0.3, 0.4) is 0 Å². The molecule has 0 bridgehead atoms. The van der Waals surface area contributed by atoms with E-state index in [0.717, 1.165) is 18.1 Å². The van der Waals surface area contributed by atoms with Crippen molar-refractivity contribution in [3.05, 3.63) is 88.7 Å². The number of anilines is 1. The molecule has 1 saturated heterocycles. The minimum absolute atomic E-state index is 0.0367. The molecule has 0 aliphatic carbocycles. The third kappa shape index (κ3) is 4.74. The maximum atomic E-state index is 14.2. The van der Waals surface area contributed by atoms with Gasteiger partial charge < -0.3 is 19.3 Å². The lowest BCUT2D eigenvalue weighted by molar-refractivity contribution is -0.132. The number of ether oxygens (including phenoxy) is 3. The first-order chi connectivity index (χ1) is 17.8. The van der Waals surface area contributed by atoms with Gasteiger partial charge in [0.05, 0.1) is 38.0 Å². The molecule has 0 radical (unpaired) electrons. The van der Waals surface area contributed by atoms with E-state index in [1.807, 2.05) is 26.0 Å². The summed E-state index contributed by atoms with van der Waals surface area (Å²) in [6.45, 7) is 4.20. The SMILES string of the molecule is CCOc1cc(C2/C(=C(\O)c3cc(F)ccc3OC)C(=O)C(=O)N2c2ccc(CC)cc2)ccc1OC. The summed E-state index contributed by atoms with van der Waals surface area (Å²) in [4.78, 5) is 28.2. The van der Waals surface area contributed by atoms with Crippen LogP contribution in [-0.2, 0) is 16.0 Å². The Labute approximate surface area is 214 Å². The molecule has 3 aromatic carbocycles. The highest BCUT2D eigenvalue weighted by Gasteiger charge is 2.47. The maximum Gasteiger partial charge on any atom is 0.300 e. The number of hydrogen-bond acceptors (Lipinski definition) is 6. The summed E-state index contributed by atoms with van der Waals surface area (Å²) in [5.41, 5.74) is 1.80. The zero-order valence-electron chi connectivity index (χ0n) is 21.1. The zero-order chi connectivity index (χ0) is 26.7. The van der Waals surface area contributed by atoms with E-state index >= 15 is 0 Å². The van der Waals surface area contributed by atoms with Gasteiger partial charge in [-0.15, -0.1) is 0 Å². The van der Waals surface area contributed by atoms with E-state index in [4.69, 9.17) is 14.2 Å². The number of aryl methyl sites for hydroxylation is 1. The largest absolute Gasteiger partial charge is 0.507 e. The van der Waals surface area contributed by atoms with Crippen molar-refractivity contribution in [2.24, 2.45) is 0 Å². The second kappa shape index (κ2) is 10.7. The lowest BCUT2D eigenvalue weighted by atomic mass is 9.94. The Kier molecular flexibility index (Phi) is 7.47. The summed E-state index contributed by atoms with van der Waals surface area (Å²) in [5, 5.41) is 11.4. The van der Waals surface area contributed by atoms with Crippen LogP contribution in [0.1, 0.15) is 36.6 Å². The molecule has 7 nitrogen and oxygen atoms in total. The van der Waals surface area contributed by atoms with Crippen molar-refractivity contribution in [3.8, 4) is 17.2 Å².